The molecule has 126 valence electrons. The number of benzene rings is 1. The van der Waals surface area contributed by atoms with Crippen molar-refractivity contribution in [3.63, 3.8) is 0 Å². The minimum atomic E-state index is -3.79. The molecular weight excluding hydrogens is 347 g/mol. The average molecular weight is 362 g/mol. The van der Waals surface area contributed by atoms with Gasteiger partial charge in [-0.2, -0.15) is 8.42 Å². The number of anilines is 1. The standard InChI is InChI=1S/C13H15FN2O5S2/c1-13(2,3)20-12(17)16-11-15-9-8(21-23(4,18)19)6-5-7(14)10(9)22-11/h5-6H,1-4H3,(H,15,16,17). The third kappa shape index (κ3) is 4.76. The summed E-state index contributed by atoms with van der Waals surface area (Å²) < 4.78 is 46.2. The highest BCUT2D eigenvalue weighted by Gasteiger charge is 2.20. The first-order valence-corrected chi connectivity index (χ1v) is 9.06. The Kier molecular flexibility index (Phi) is 4.49. The van der Waals surface area contributed by atoms with E-state index in [1.165, 1.54) is 0 Å². The van der Waals surface area contributed by atoms with Gasteiger partial charge in [0, 0.05) is 0 Å². The maximum Gasteiger partial charge on any atom is 0.413 e. The van der Waals surface area contributed by atoms with Gasteiger partial charge >= 0.3 is 16.2 Å². The molecular formula is C13H15FN2O5S2. The van der Waals surface area contributed by atoms with Crippen molar-refractivity contribution in [3.8, 4) is 5.75 Å². The predicted molar refractivity (Wildman–Crippen MR) is 84.9 cm³/mol. The van der Waals surface area contributed by atoms with Crippen molar-refractivity contribution in [2.24, 2.45) is 0 Å². The molecule has 0 bridgehead atoms. The van der Waals surface area contributed by atoms with Crippen molar-refractivity contribution >= 4 is 42.9 Å². The van der Waals surface area contributed by atoms with Gasteiger partial charge in [-0.05, 0) is 32.9 Å². The van der Waals surface area contributed by atoms with E-state index in [1.807, 2.05) is 0 Å². The predicted octanol–water partition coefficient (Wildman–Crippen LogP) is 3.12. The van der Waals surface area contributed by atoms with E-state index in [1.54, 1.807) is 20.8 Å². The first-order valence-electron chi connectivity index (χ1n) is 6.43. The molecule has 0 atom stereocenters. The highest BCUT2D eigenvalue weighted by Crippen LogP contribution is 2.35. The molecule has 0 radical (unpaired) electrons. The lowest BCUT2D eigenvalue weighted by Crippen LogP contribution is -2.27. The summed E-state index contributed by atoms with van der Waals surface area (Å²) in [6.45, 7) is 5.09. The molecule has 2 aromatic rings. The van der Waals surface area contributed by atoms with Crippen LogP contribution in [0.3, 0.4) is 0 Å². The highest BCUT2D eigenvalue weighted by atomic mass is 32.2. The normalized spacial score (nSPS) is 12.2. The molecule has 7 nitrogen and oxygen atoms in total. The molecule has 0 aliphatic carbocycles. The molecule has 1 aromatic carbocycles. The number of ether oxygens (including phenoxy) is 1. The zero-order chi connectivity index (χ0) is 17.4. The Morgan fingerprint density at radius 2 is 2.00 bits per heavy atom. The summed E-state index contributed by atoms with van der Waals surface area (Å²) in [5, 5.41) is 2.45. The van der Waals surface area contributed by atoms with Gasteiger partial charge in [0.15, 0.2) is 10.9 Å². The summed E-state index contributed by atoms with van der Waals surface area (Å²) in [4.78, 5) is 15.7. The van der Waals surface area contributed by atoms with E-state index in [0.717, 1.165) is 29.7 Å². The van der Waals surface area contributed by atoms with Gasteiger partial charge in [-0.1, -0.05) is 11.3 Å². The fourth-order valence-corrected chi connectivity index (χ4v) is 2.96. The number of carbonyl (C=O) groups excluding carboxylic acids is 1. The number of rotatable bonds is 3. The number of hydrogen-bond donors (Lipinski definition) is 1. The van der Waals surface area contributed by atoms with Crippen LogP contribution >= 0.6 is 11.3 Å². The lowest BCUT2D eigenvalue weighted by molar-refractivity contribution is 0.0636. The summed E-state index contributed by atoms with van der Waals surface area (Å²) >= 11 is 0.846. The van der Waals surface area contributed by atoms with Crippen molar-refractivity contribution in [1.82, 2.24) is 4.98 Å². The number of fused-ring (bicyclic) bond motifs is 1. The number of halogens is 1. The Hall–Kier alpha value is -1.94. The van der Waals surface area contributed by atoms with Crippen LogP contribution in [-0.4, -0.2) is 31.4 Å². The quantitative estimate of drug-likeness (QED) is 0.843. The van der Waals surface area contributed by atoms with E-state index in [2.05, 4.69) is 10.3 Å². The van der Waals surface area contributed by atoms with E-state index in [-0.39, 0.29) is 21.1 Å². The molecule has 23 heavy (non-hydrogen) atoms. The van der Waals surface area contributed by atoms with Crippen molar-refractivity contribution < 1.29 is 26.5 Å². The SMILES string of the molecule is CC(C)(C)OC(=O)Nc1nc2c(OS(C)(=O)=O)ccc(F)c2s1. The fraction of sp³-hybridized carbons (Fsp3) is 0.385. The summed E-state index contributed by atoms with van der Waals surface area (Å²) in [5.41, 5.74) is -0.692. The Labute approximate surface area is 136 Å². The van der Waals surface area contributed by atoms with Gasteiger partial charge in [-0.3, -0.25) is 5.32 Å². The molecule has 0 fully saturated rings. The number of amides is 1. The topological polar surface area (TPSA) is 94.6 Å². The van der Waals surface area contributed by atoms with Crippen LogP contribution in [-0.2, 0) is 14.9 Å². The zero-order valence-corrected chi connectivity index (χ0v) is 14.5. The monoisotopic (exact) mass is 362 g/mol. The zero-order valence-electron chi connectivity index (χ0n) is 12.8. The second-order valence-corrected chi connectivity index (χ2v) is 8.23. The van der Waals surface area contributed by atoms with Crippen LogP contribution in [0.15, 0.2) is 12.1 Å². The van der Waals surface area contributed by atoms with Gasteiger partial charge in [-0.25, -0.2) is 14.2 Å². The van der Waals surface area contributed by atoms with Gasteiger partial charge in [0.1, 0.15) is 16.9 Å². The lowest BCUT2D eigenvalue weighted by atomic mass is 10.2. The number of aromatic nitrogens is 1. The average Bonchev–Trinajstić information content (AvgIpc) is 2.73. The molecule has 10 heteroatoms. The van der Waals surface area contributed by atoms with E-state index in [4.69, 9.17) is 8.92 Å². The van der Waals surface area contributed by atoms with E-state index >= 15 is 0 Å². The third-order valence-electron chi connectivity index (χ3n) is 2.31. The minimum Gasteiger partial charge on any atom is -0.444 e. The number of thiazole rings is 1. The molecule has 0 saturated carbocycles. The Balaban J connectivity index is 2.36. The number of hydrogen-bond acceptors (Lipinski definition) is 7. The van der Waals surface area contributed by atoms with Crippen molar-refractivity contribution in [1.29, 1.82) is 0 Å². The molecule has 0 spiro atoms. The van der Waals surface area contributed by atoms with Gasteiger partial charge < -0.3 is 8.92 Å². The number of nitrogens with one attached hydrogen (secondary N) is 1. The van der Waals surface area contributed by atoms with Crippen LogP contribution in [0.5, 0.6) is 5.75 Å². The Morgan fingerprint density at radius 3 is 2.57 bits per heavy atom. The Morgan fingerprint density at radius 1 is 1.35 bits per heavy atom. The van der Waals surface area contributed by atoms with E-state index in [9.17, 15) is 17.6 Å². The third-order valence-corrected chi connectivity index (χ3v) is 3.77. The van der Waals surface area contributed by atoms with Gasteiger partial charge in [-0.15, -0.1) is 0 Å². The van der Waals surface area contributed by atoms with Crippen molar-refractivity contribution in [2.45, 2.75) is 26.4 Å². The van der Waals surface area contributed by atoms with Gasteiger partial charge in [0.05, 0.1) is 11.0 Å². The molecule has 0 unspecified atom stereocenters. The van der Waals surface area contributed by atoms with E-state index < -0.39 is 27.6 Å². The largest absolute Gasteiger partial charge is 0.444 e. The van der Waals surface area contributed by atoms with Crippen LogP contribution in [0.1, 0.15) is 20.8 Å². The second-order valence-electron chi connectivity index (χ2n) is 5.66. The smallest absolute Gasteiger partial charge is 0.413 e. The molecule has 0 aliphatic rings. The molecule has 1 heterocycles. The first-order chi connectivity index (χ1) is 10.4. The number of nitrogens with zero attached hydrogens (tertiary/aromatic N) is 1. The highest BCUT2D eigenvalue weighted by molar-refractivity contribution is 7.86. The van der Waals surface area contributed by atoms with Crippen molar-refractivity contribution in [3.05, 3.63) is 17.9 Å². The van der Waals surface area contributed by atoms with Crippen molar-refractivity contribution in [2.75, 3.05) is 11.6 Å². The Bertz CT molecular complexity index is 855. The number of carbonyl (C=O) groups is 1. The molecule has 0 saturated heterocycles. The fourth-order valence-electron chi connectivity index (χ4n) is 1.63. The molecule has 0 aliphatic heterocycles. The molecule has 1 aromatic heterocycles. The van der Waals surface area contributed by atoms with Crippen LogP contribution < -0.4 is 9.50 Å². The van der Waals surface area contributed by atoms with Crippen LogP contribution in [0, 0.1) is 5.82 Å². The molecule has 1 N–H and O–H groups in total. The van der Waals surface area contributed by atoms with Crippen LogP contribution in [0.25, 0.3) is 10.2 Å². The second kappa shape index (κ2) is 5.93. The summed E-state index contributed by atoms with van der Waals surface area (Å²) in [7, 11) is -3.79. The van der Waals surface area contributed by atoms with Crippen LogP contribution in [0.2, 0.25) is 0 Å². The van der Waals surface area contributed by atoms with E-state index in [0.29, 0.717) is 0 Å². The summed E-state index contributed by atoms with van der Waals surface area (Å²) in [5.74, 6) is -0.715. The van der Waals surface area contributed by atoms with Crippen LogP contribution in [0.4, 0.5) is 14.3 Å². The maximum atomic E-state index is 13.8. The first kappa shape index (κ1) is 17.4. The summed E-state index contributed by atoms with van der Waals surface area (Å²) in [6.07, 6.45) is 0.122. The molecule has 1 amide bonds. The molecule has 2 rings (SSSR count). The van der Waals surface area contributed by atoms with Gasteiger partial charge in [0.25, 0.3) is 0 Å². The minimum absolute atomic E-state index is 0.00600. The summed E-state index contributed by atoms with van der Waals surface area (Å²) in [6, 6.07) is 2.23. The lowest BCUT2D eigenvalue weighted by Gasteiger charge is -2.18. The maximum absolute atomic E-state index is 13.8. The van der Waals surface area contributed by atoms with Gasteiger partial charge in [0.2, 0.25) is 0 Å².